The highest BCUT2D eigenvalue weighted by atomic mass is 19.1. The molecule has 0 aromatic carbocycles. The molecule has 9 heteroatoms. The number of carbonyl (C=O) groups excluding carboxylic acids is 1. The predicted octanol–water partition coefficient (Wildman–Crippen LogP) is 3.11. The fraction of sp³-hybridized carbons (Fsp3) is 0.238. The molecule has 160 valence electrons. The van der Waals surface area contributed by atoms with Crippen molar-refractivity contribution in [2.75, 3.05) is 7.05 Å². The van der Waals surface area contributed by atoms with E-state index in [-0.39, 0.29) is 17.7 Å². The molecule has 0 aliphatic carbocycles. The molecular formula is C21H27FN6O2. The molecule has 2 amide bonds. The fourth-order valence-corrected chi connectivity index (χ4v) is 2.36. The van der Waals surface area contributed by atoms with Crippen LogP contribution in [-0.2, 0) is 6.42 Å². The normalized spacial score (nSPS) is 12.6. The first-order valence-electron chi connectivity index (χ1n) is 9.26. The van der Waals surface area contributed by atoms with Crippen LogP contribution in [0.4, 0.5) is 9.18 Å². The maximum Gasteiger partial charge on any atom is 0.324 e. The van der Waals surface area contributed by atoms with E-state index in [1.807, 2.05) is 0 Å². The SMILES string of the molecule is C=Cc1[nH]c(=O)c(C/C=C(NC(=O)N/C(=C/C)NC=NC)\C(F)=C/CC)cc1C=N. The molecule has 0 aliphatic heterocycles. The van der Waals surface area contributed by atoms with Gasteiger partial charge in [0, 0.05) is 30.1 Å². The first kappa shape index (κ1) is 24.3. The highest BCUT2D eigenvalue weighted by Gasteiger charge is 2.11. The Labute approximate surface area is 174 Å². The van der Waals surface area contributed by atoms with Crippen molar-refractivity contribution in [2.24, 2.45) is 4.99 Å². The van der Waals surface area contributed by atoms with E-state index in [1.54, 1.807) is 27.0 Å². The van der Waals surface area contributed by atoms with Gasteiger partial charge in [0.05, 0.1) is 12.0 Å². The number of allylic oxidation sites excluding steroid dienone is 4. The monoisotopic (exact) mass is 414 g/mol. The van der Waals surface area contributed by atoms with Crippen molar-refractivity contribution in [3.63, 3.8) is 0 Å². The molecule has 30 heavy (non-hydrogen) atoms. The molecule has 0 atom stereocenters. The third kappa shape index (κ3) is 7.34. The van der Waals surface area contributed by atoms with Crippen molar-refractivity contribution < 1.29 is 9.18 Å². The average molecular weight is 414 g/mol. The van der Waals surface area contributed by atoms with Gasteiger partial charge in [0.15, 0.2) is 0 Å². The highest BCUT2D eigenvalue weighted by Crippen LogP contribution is 2.12. The van der Waals surface area contributed by atoms with Gasteiger partial charge in [0.2, 0.25) is 0 Å². The van der Waals surface area contributed by atoms with E-state index in [2.05, 4.69) is 32.5 Å². The lowest BCUT2D eigenvalue weighted by Gasteiger charge is -2.12. The quantitative estimate of drug-likeness (QED) is 0.230. The first-order chi connectivity index (χ1) is 14.4. The molecule has 5 N–H and O–H groups in total. The number of halogens is 1. The summed E-state index contributed by atoms with van der Waals surface area (Å²) in [6, 6.07) is 0.867. The van der Waals surface area contributed by atoms with Crippen LogP contribution in [0.1, 0.15) is 37.1 Å². The minimum Gasteiger partial charge on any atom is -0.333 e. The van der Waals surface area contributed by atoms with Gasteiger partial charge in [-0.1, -0.05) is 19.6 Å². The second-order valence-corrected chi connectivity index (χ2v) is 5.94. The van der Waals surface area contributed by atoms with Crippen LogP contribution in [0.15, 0.2) is 58.0 Å². The zero-order valence-electron chi connectivity index (χ0n) is 17.3. The van der Waals surface area contributed by atoms with Crippen LogP contribution < -0.4 is 21.5 Å². The predicted molar refractivity (Wildman–Crippen MR) is 119 cm³/mol. The number of aromatic amines is 1. The molecule has 0 aliphatic rings. The highest BCUT2D eigenvalue weighted by molar-refractivity contribution is 5.82. The van der Waals surface area contributed by atoms with Gasteiger partial charge in [-0.15, -0.1) is 0 Å². The number of carbonyl (C=O) groups is 1. The first-order valence-corrected chi connectivity index (χ1v) is 9.26. The molecule has 0 spiro atoms. The maximum absolute atomic E-state index is 14.5. The van der Waals surface area contributed by atoms with Gasteiger partial charge in [0.1, 0.15) is 11.6 Å². The number of pyridine rings is 1. The summed E-state index contributed by atoms with van der Waals surface area (Å²) in [4.78, 5) is 30.9. The van der Waals surface area contributed by atoms with Gasteiger partial charge in [0.25, 0.3) is 5.56 Å². The molecule has 0 bridgehead atoms. The number of amides is 2. The van der Waals surface area contributed by atoms with Gasteiger partial charge in [-0.25, -0.2) is 9.18 Å². The molecular weight excluding hydrogens is 387 g/mol. The summed E-state index contributed by atoms with van der Waals surface area (Å²) in [7, 11) is 1.57. The Balaban J connectivity index is 3.12. The Kier molecular flexibility index (Phi) is 10.2. The number of urea groups is 1. The van der Waals surface area contributed by atoms with Crippen LogP contribution in [0.3, 0.4) is 0 Å². The van der Waals surface area contributed by atoms with E-state index in [9.17, 15) is 14.0 Å². The Morgan fingerprint density at radius 3 is 2.67 bits per heavy atom. The number of hydrogen-bond donors (Lipinski definition) is 5. The van der Waals surface area contributed by atoms with Gasteiger partial charge in [-0.05, 0) is 44.1 Å². The lowest BCUT2D eigenvalue weighted by atomic mass is 10.1. The second-order valence-electron chi connectivity index (χ2n) is 5.94. The van der Waals surface area contributed by atoms with Gasteiger partial charge < -0.3 is 21.0 Å². The average Bonchev–Trinajstić information content (AvgIpc) is 2.74. The Morgan fingerprint density at radius 2 is 2.10 bits per heavy atom. The van der Waals surface area contributed by atoms with E-state index in [0.717, 1.165) is 6.21 Å². The lowest BCUT2D eigenvalue weighted by Crippen LogP contribution is -2.38. The van der Waals surface area contributed by atoms with Crippen molar-refractivity contribution in [3.05, 3.63) is 75.4 Å². The summed E-state index contributed by atoms with van der Waals surface area (Å²) in [5.41, 5.74) is 0.774. The number of aromatic nitrogens is 1. The van der Waals surface area contributed by atoms with Crippen LogP contribution in [0.25, 0.3) is 6.08 Å². The number of hydrogen-bond acceptors (Lipinski definition) is 4. The lowest BCUT2D eigenvalue weighted by molar-refractivity contribution is 0.245. The molecule has 1 aromatic heterocycles. The smallest absolute Gasteiger partial charge is 0.324 e. The van der Waals surface area contributed by atoms with Crippen LogP contribution in [0.2, 0.25) is 0 Å². The van der Waals surface area contributed by atoms with Crippen molar-refractivity contribution >= 4 is 24.7 Å². The molecule has 0 radical (unpaired) electrons. The minimum absolute atomic E-state index is 0.0470. The molecule has 8 nitrogen and oxygen atoms in total. The van der Waals surface area contributed by atoms with Crippen LogP contribution in [0, 0.1) is 5.41 Å². The number of H-pyrrole nitrogens is 1. The molecule has 1 heterocycles. The molecule has 0 saturated heterocycles. The molecule has 1 aromatic rings. The molecule has 1 rings (SSSR count). The summed E-state index contributed by atoms with van der Waals surface area (Å²) < 4.78 is 14.5. The maximum atomic E-state index is 14.5. The summed E-state index contributed by atoms with van der Waals surface area (Å²) >= 11 is 0. The van der Waals surface area contributed by atoms with Crippen molar-refractivity contribution in [1.82, 2.24) is 20.9 Å². The molecule has 0 unspecified atom stereocenters. The standard InChI is InChI=1S/C21H27FN6O2/c1-5-8-16(22)18(27-21(30)28-19(7-3)25-13-24-4)10-9-14-11-15(12-23)17(6-2)26-20(14)29/h6-8,10-13,23H,2,5,9H2,1,3-4H3,(H,24,25)(H,26,29)(H2,27,28,30)/b16-8+,18-10+,19-7+,23-12?. The third-order valence-corrected chi connectivity index (χ3v) is 3.84. The Bertz CT molecular complexity index is 957. The van der Waals surface area contributed by atoms with E-state index < -0.39 is 11.9 Å². The van der Waals surface area contributed by atoms with E-state index in [1.165, 1.54) is 30.6 Å². The minimum atomic E-state index is -0.665. The number of nitrogens with one attached hydrogen (secondary N) is 5. The number of nitrogens with zero attached hydrogens (tertiary/aromatic N) is 1. The van der Waals surface area contributed by atoms with Crippen LogP contribution in [0.5, 0.6) is 0 Å². The molecule has 0 fully saturated rings. The fourth-order valence-electron chi connectivity index (χ4n) is 2.36. The van der Waals surface area contributed by atoms with E-state index >= 15 is 0 Å². The zero-order chi connectivity index (χ0) is 22.5. The Hall–Kier alpha value is -3.75. The van der Waals surface area contributed by atoms with Crippen molar-refractivity contribution in [1.29, 1.82) is 5.41 Å². The third-order valence-electron chi connectivity index (χ3n) is 3.84. The van der Waals surface area contributed by atoms with E-state index in [0.29, 0.717) is 29.1 Å². The van der Waals surface area contributed by atoms with Gasteiger partial charge in [-0.3, -0.25) is 15.1 Å². The topological polar surface area (TPSA) is 122 Å². The number of rotatable bonds is 10. The molecule has 0 saturated carbocycles. The van der Waals surface area contributed by atoms with Gasteiger partial charge >= 0.3 is 6.03 Å². The summed E-state index contributed by atoms with van der Waals surface area (Å²) in [6.07, 6.45) is 8.74. The zero-order valence-corrected chi connectivity index (χ0v) is 17.3. The Morgan fingerprint density at radius 1 is 1.37 bits per heavy atom. The summed E-state index contributed by atoms with van der Waals surface area (Å²) in [5, 5.41) is 15.2. The van der Waals surface area contributed by atoms with Crippen LogP contribution >= 0.6 is 0 Å². The van der Waals surface area contributed by atoms with Crippen LogP contribution in [-0.4, -0.2) is 30.6 Å². The van der Waals surface area contributed by atoms with E-state index in [4.69, 9.17) is 5.41 Å². The summed E-state index contributed by atoms with van der Waals surface area (Å²) in [6.45, 7) is 7.07. The largest absolute Gasteiger partial charge is 0.333 e. The summed E-state index contributed by atoms with van der Waals surface area (Å²) in [5.74, 6) is -0.256. The van der Waals surface area contributed by atoms with Crippen molar-refractivity contribution in [3.8, 4) is 0 Å². The second kappa shape index (κ2) is 12.7. The van der Waals surface area contributed by atoms with Crippen molar-refractivity contribution in [2.45, 2.75) is 26.7 Å². The number of aliphatic imine (C=N–C) groups is 1. The van der Waals surface area contributed by atoms with Gasteiger partial charge in [-0.2, -0.15) is 0 Å².